The van der Waals surface area contributed by atoms with Crippen molar-refractivity contribution in [2.45, 2.75) is 13.3 Å². The average Bonchev–Trinajstić information content (AvgIpc) is 2.27. The molecule has 1 amide bonds. The van der Waals surface area contributed by atoms with Crippen molar-refractivity contribution in [2.75, 3.05) is 7.05 Å². The summed E-state index contributed by atoms with van der Waals surface area (Å²) in [6.45, 7) is 2.05. The first kappa shape index (κ1) is 10.3. The fourth-order valence-corrected chi connectivity index (χ4v) is 1.12. The first-order valence-corrected chi connectivity index (χ1v) is 4.45. The van der Waals surface area contributed by atoms with Crippen LogP contribution in [0.15, 0.2) is 24.3 Å². The summed E-state index contributed by atoms with van der Waals surface area (Å²) in [6, 6.07) is 7.29. The highest BCUT2D eigenvalue weighted by Gasteiger charge is 2.09. The molecule has 0 aliphatic rings. The number of amides is 1. The van der Waals surface area contributed by atoms with E-state index in [2.05, 4.69) is 6.92 Å². The van der Waals surface area contributed by atoms with Gasteiger partial charge in [0.15, 0.2) is 6.19 Å². The number of aryl methyl sites for hydroxylation is 1. The molecule has 0 N–H and O–H groups in total. The lowest BCUT2D eigenvalue weighted by molar-refractivity contribution is 0.0858. The van der Waals surface area contributed by atoms with Gasteiger partial charge in [0.25, 0.3) is 5.91 Å². The Labute approximate surface area is 83.6 Å². The van der Waals surface area contributed by atoms with Crippen molar-refractivity contribution in [1.82, 2.24) is 4.90 Å². The van der Waals surface area contributed by atoms with Crippen molar-refractivity contribution in [1.29, 1.82) is 5.26 Å². The van der Waals surface area contributed by atoms with Crippen LogP contribution in [0.3, 0.4) is 0 Å². The van der Waals surface area contributed by atoms with Crippen LogP contribution in [0, 0.1) is 11.5 Å². The molecular formula is C11H12N2O. The molecule has 3 heteroatoms. The second-order valence-corrected chi connectivity index (χ2v) is 3.01. The van der Waals surface area contributed by atoms with Gasteiger partial charge in [0.2, 0.25) is 0 Å². The molecular weight excluding hydrogens is 176 g/mol. The van der Waals surface area contributed by atoms with Crippen LogP contribution in [-0.2, 0) is 6.42 Å². The molecule has 0 aliphatic heterocycles. The fraction of sp³-hybridized carbons (Fsp3) is 0.273. The van der Waals surface area contributed by atoms with Gasteiger partial charge < -0.3 is 0 Å². The van der Waals surface area contributed by atoms with Gasteiger partial charge in [0, 0.05) is 12.6 Å². The van der Waals surface area contributed by atoms with Crippen LogP contribution < -0.4 is 0 Å². The Bertz CT molecular complexity index is 362. The van der Waals surface area contributed by atoms with E-state index in [-0.39, 0.29) is 5.91 Å². The van der Waals surface area contributed by atoms with Crippen LogP contribution in [0.2, 0.25) is 0 Å². The highest BCUT2D eigenvalue weighted by atomic mass is 16.2. The molecule has 1 aromatic rings. The van der Waals surface area contributed by atoms with Gasteiger partial charge in [-0.25, -0.2) is 4.90 Å². The summed E-state index contributed by atoms with van der Waals surface area (Å²) in [5, 5.41) is 8.52. The second kappa shape index (κ2) is 4.43. The molecule has 0 heterocycles. The summed E-state index contributed by atoms with van der Waals surface area (Å²) in [5.74, 6) is -0.268. The predicted octanol–water partition coefficient (Wildman–Crippen LogP) is 1.80. The van der Waals surface area contributed by atoms with Crippen molar-refractivity contribution in [3.05, 3.63) is 35.4 Å². The van der Waals surface area contributed by atoms with Gasteiger partial charge >= 0.3 is 0 Å². The molecule has 0 radical (unpaired) electrons. The molecule has 0 saturated heterocycles. The van der Waals surface area contributed by atoms with E-state index in [4.69, 9.17) is 5.26 Å². The lowest BCUT2D eigenvalue weighted by Crippen LogP contribution is -2.20. The summed E-state index contributed by atoms with van der Waals surface area (Å²) >= 11 is 0. The smallest absolute Gasteiger partial charge is 0.266 e. The van der Waals surface area contributed by atoms with Gasteiger partial charge in [-0.15, -0.1) is 0 Å². The second-order valence-electron chi connectivity index (χ2n) is 3.01. The third-order valence-electron chi connectivity index (χ3n) is 2.06. The predicted molar refractivity (Wildman–Crippen MR) is 53.5 cm³/mol. The highest BCUT2D eigenvalue weighted by Crippen LogP contribution is 2.06. The molecule has 3 nitrogen and oxygen atoms in total. The first-order chi connectivity index (χ1) is 6.69. The third-order valence-corrected chi connectivity index (χ3v) is 2.06. The highest BCUT2D eigenvalue weighted by molar-refractivity contribution is 5.94. The van der Waals surface area contributed by atoms with E-state index in [0.29, 0.717) is 5.56 Å². The summed E-state index contributed by atoms with van der Waals surface area (Å²) < 4.78 is 0. The summed E-state index contributed by atoms with van der Waals surface area (Å²) in [7, 11) is 1.45. The van der Waals surface area contributed by atoms with Gasteiger partial charge in [-0.1, -0.05) is 19.1 Å². The monoisotopic (exact) mass is 188 g/mol. The molecule has 1 rings (SSSR count). The zero-order valence-corrected chi connectivity index (χ0v) is 8.32. The van der Waals surface area contributed by atoms with Gasteiger partial charge in [0.05, 0.1) is 0 Å². The molecule has 0 saturated carbocycles. The number of carbonyl (C=O) groups is 1. The Morgan fingerprint density at radius 2 is 2.00 bits per heavy atom. The standard InChI is InChI=1S/C11H12N2O/c1-3-9-4-6-10(7-5-9)11(14)13(2)8-12/h4-7H,3H2,1-2H3. The normalized spacial score (nSPS) is 9.21. The van der Waals surface area contributed by atoms with Crippen molar-refractivity contribution >= 4 is 5.91 Å². The number of nitriles is 1. The summed E-state index contributed by atoms with van der Waals surface area (Å²) in [5.41, 5.74) is 1.73. The van der Waals surface area contributed by atoms with E-state index >= 15 is 0 Å². The number of hydrogen-bond acceptors (Lipinski definition) is 2. The topological polar surface area (TPSA) is 44.1 Å². The van der Waals surface area contributed by atoms with Crippen molar-refractivity contribution in [3.63, 3.8) is 0 Å². The molecule has 0 atom stereocenters. The summed E-state index contributed by atoms with van der Waals surface area (Å²) in [6.07, 6.45) is 2.72. The Hall–Kier alpha value is -1.82. The number of rotatable bonds is 2. The lowest BCUT2D eigenvalue weighted by Gasteiger charge is -2.06. The van der Waals surface area contributed by atoms with E-state index in [1.807, 2.05) is 12.1 Å². The van der Waals surface area contributed by atoms with E-state index in [9.17, 15) is 4.79 Å². The lowest BCUT2D eigenvalue weighted by atomic mass is 10.1. The van der Waals surface area contributed by atoms with Crippen LogP contribution >= 0.6 is 0 Å². The fourth-order valence-electron chi connectivity index (χ4n) is 1.12. The van der Waals surface area contributed by atoms with Crippen LogP contribution in [0.1, 0.15) is 22.8 Å². The van der Waals surface area contributed by atoms with Crippen molar-refractivity contribution in [2.24, 2.45) is 0 Å². The molecule has 0 aliphatic carbocycles. The van der Waals surface area contributed by atoms with E-state index in [1.54, 1.807) is 18.3 Å². The van der Waals surface area contributed by atoms with E-state index in [1.165, 1.54) is 12.6 Å². The van der Waals surface area contributed by atoms with Gasteiger partial charge in [-0.2, -0.15) is 5.26 Å². The van der Waals surface area contributed by atoms with Crippen LogP contribution in [0.25, 0.3) is 0 Å². The minimum atomic E-state index is -0.268. The molecule has 1 aromatic carbocycles. The Morgan fingerprint density at radius 3 is 2.43 bits per heavy atom. The van der Waals surface area contributed by atoms with Crippen molar-refractivity contribution < 1.29 is 4.79 Å². The maximum atomic E-state index is 11.5. The van der Waals surface area contributed by atoms with Gasteiger partial charge in [0.1, 0.15) is 0 Å². The van der Waals surface area contributed by atoms with Crippen LogP contribution in [0.5, 0.6) is 0 Å². The minimum Gasteiger partial charge on any atom is -0.268 e. The first-order valence-electron chi connectivity index (χ1n) is 4.45. The molecule has 0 fully saturated rings. The molecule has 72 valence electrons. The Kier molecular flexibility index (Phi) is 3.24. The SMILES string of the molecule is CCc1ccc(C(=O)N(C)C#N)cc1. The number of nitrogens with zero attached hydrogens (tertiary/aromatic N) is 2. The average molecular weight is 188 g/mol. The third kappa shape index (κ3) is 2.11. The van der Waals surface area contributed by atoms with Crippen molar-refractivity contribution in [3.8, 4) is 6.19 Å². The number of hydrogen-bond donors (Lipinski definition) is 0. The van der Waals surface area contributed by atoms with Gasteiger partial charge in [-0.3, -0.25) is 4.79 Å². The molecule has 0 aromatic heterocycles. The largest absolute Gasteiger partial charge is 0.268 e. The zero-order chi connectivity index (χ0) is 10.6. The zero-order valence-electron chi connectivity index (χ0n) is 8.32. The summed E-state index contributed by atoms with van der Waals surface area (Å²) in [4.78, 5) is 12.5. The molecule has 14 heavy (non-hydrogen) atoms. The minimum absolute atomic E-state index is 0.268. The number of carbonyl (C=O) groups excluding carboxylic acids is 1. The maximum Gasteiger partial charge on any atom is 0.266 e. The molecule has 0 bridgehead atoms. The Morgan fingerprint density at radius 1 is 1.43 bits per heavy atom. The number of benzene rings is 1. The molecule has 0 spiro atoms. The van der Waals surface area contributed by atoms with Crippen LogP contribution in [0.4, 0.5) is 0 Å². The van der Waals surface area contributed by atoms with E-state index in [0.717, 1.165) is 11.3 Å². The molecule has 0 unspecified atom stereocenters. The van der Waals surface area contributed by atoms with E-state index < -0.39 is 0 Å². The maximum absolute atomic E-state index is 11.5. The van der Waals surface area contributed by atoms with Crippen LogP contribution in [-0.4, -0.2) is 17.9 Å². The quantitative estimate of drug-likeness (QED) is 0.524. The Balaban J connectivity index is 2.88. The van der Waals surface area contributed by atoms with Gasteiger partial charge in [-0.05, 0) is 24.1 Å².